The largest absolute Gasteiger partial charge is 0.484 e. The van der Waals surface area contributed by atoms with E-state index in [9.17, 15) is 4.79 Å². The Morgan fingerprint density at radius 3 is 2.70 bits per heavy atom. The van der Waals surface area contributed by atoms with Crippen LogP contribution in [0.25, 0.3) is 0 Å². The number of hydrogen-bond donors (Lipinski definition) is 1. The number of carbonyl (C=O) groups is 1. The Hall–Kier alpha value is -1.55. The van der Waals surface area contributed by atoms with Gasteiger partial charge in [-0.2, -0.15) is 0 Å². The molecule has 2 heterocycles. The molecule has 1 saturated heterocycles. The molecule has 0 amide bonds. The summed E-state index contributed by atoms with van der Waals surface area (Å²) in [4.78, 5) is 14.9. The van der Waals surface area contributed by atoms with Gasteiger partial charge in [0.15, 0.2) is 5.78 Å². The van der Waals surface area contributed by atoms with E-state index in [0.29, 0.717) is 18.4 Å². The third kappa shape index (κ3) is 3.86. The minimum atomic E-state index is -0.210. The highest BCUT2D eigenvalue weighted by molar-refractivity contribution is 5.98. The Labute approximate surface area is 139 Å². The highest BCUT2D eigenvalue weighted by Gasteiger charge is 2.27. The second-order valence-corrected chi connectivity index (χ2v) is 7.99. The zero-order valence-corrected chi connectivity index (χ0v) is 14.7. The molecule has 3 rings (SSSR count). The van der Waals surface area contributed by atoms with Crippen LogP contribution in [0.15, 0.2) is 18.2 Å². The van der Waals surface area contributed by atoms with Gasteiger partial charge < -0.3 is 10.1 Å². The predicted octanol–water partition coefficient (Wildman–Crippen LogP) is 3.43. The zero-order chi connectivity index (χ0) is 16.6. The van der Waals surface area contributed by atoms with E-state index in [0.717, 1.165) is 36.6 Å². The molecule has 1 aromatic carbocycles. The summed E-state index contributed by atoms with van der Waals surface area (Å²) in [5.74, 6) is 2.37. The topological polar surface area (TPSA) is 41.6 Å². The Balaban J connectivity index is 1.69. The van der Waals surface area contributed by atoms with Crippen molar-refractivity contribution >= 4 is 11.5 Å². The summed E-state index contributed by atoms with van der Waals surface area (Å²) in [6.45, 7) is 12.0. The molecule has 126 valence electrons. The second-order valence-electron chi connectivity index (χ2n) is 7.99. The lowest BCUT2D eigenvalue weighted by molar-refractivity contribution is 0.0849. The highest BCUT2D eigenvalue weighted by Crippen LogP contribution is 2.33. The average molecular weight is 316 g/mol. The number of nitrogens with one attached hydrogen (secondary N) is 1. The normalized spacial score (nSPS) is 26.8. The van der Waals surface area contributed by atoms with E-state index in [1.807, 2.05) is 18.2 Å². The molecule has 2 unspecified atom stereocenters. The minimum Gasteiger partial charge on any atom is -0.484 e. The maximum atomic E-state index is 12.6. The minimum absolute atomic E-state index is 0.195. The number of rotatable bonds is 3. The van der Waals surface area contributed by atoms with Gasteiger partial charge in [0.1, 0.15) is 11.4 Å². The van der Waals surface area contributed by atoms with Crippen LogP contribution in [0.4, 0.5) is 5.69 Å². The Kier molecular flexibility index (Phi) is 4.37. The summed E-state index contributed by atoms with van der Waals surface area (Å²) < 4.78 is 5.95. The lowest BCUT2D eigenvalue weighted by Gasteiger charge is -2.35. The molecule has 4 nitrogen and oxygen atoms in total. The smallest absolute Gasteiger partial charge is 0.176 e. The van der Waals surface area contributed by atoms with Crippen molar-refractivity contribution in [3.63, 3.8) is 0 Å². The van der Waals surface area contributed by atoms with Gasteiger partial charge in [-0.05, 0) is 50.3 Å². The van der Waals surface area contributed by atoms with Crippen LogP contribution in [0.2, 0.25) is 0 Å². The molecule has 0 bridgehead atoms. The molecule has 0 saturated carbocycles. The number of anilines is 1. The third-order valence-corrected chi connectivity index (χ3v) is 4.70. The highest BCUT2D eigenvalue weighted by atomic mass is 16.5. The van der Waals surface area contributed by atoms with Gasteiger partial charge in [-0.15, -0.1) is 0 Å². The molecule has 0 radical (unpaired) electrons. The molecular weight excluding hydrogens is 288 g/mol. The first kappa shape index (κ1) is 16.3. The van der Waals surface area contributed by atoms with Crippen molar-refractivity contribution < 1.29 is 9.53 Å². The fourth-order valence-corrected chi connectivity index (χ4v) is 3.79. The van der Waals surface area contributed by atoms with Crippen molar-refractivity contribution in [1.82, 2.24) is 4.90 Å². The van der Waals surface area contributed by atoms with E-state index in [4.69, 9.17) is 4.74 Å². The average Bonchev–Trinajstić information content (AvgIpc) is 2.44. The Morgan fingerprint density at radius 1 is 1.30 bits per heavy atom. The molecule has 2 atom stereocenters. The molecule has 0 aromatic heterocycles. The van der Waals surface area contributed by atoms with Gasteiger partial charge in [0.2, 0.25) is 0 Å². The number of Topliss-reactive ketones (excluding diaryl/α,β-unsaturated/α-hetero) is 1. The molecule has 1 N–H and O–H groups in total. The van der Waals surface area contributed by atoms with Crippen LogP contribution in [0.5, 0.6) is 5.75 Å². The number of ether oxygens (including phenoxy) is 1. The lowest BCUT2D eigenvalue weighted by atomic mass is 9.91. The van der Waals surface area contributed by atoms with E-state index >= 15 is 0 Å². The molecular formula is C19H28N2O2. The standard InChI is InChI=1S/C19H28N2O2/c1-13-7-14(2)10-21(9-13)11-17(22)15-5-6-18-16(8-15)20-12-19(3,4)23-18/h5-6,8,13-14,20H,7,9-12H2,1-4H3. The van der Waals surface area contributed by atoms with Crippen LogP contribution in [-0.2, 0) is 0 Å². The Bertz CT molecular complexity index is 587. The molecule has 2 aliphatic rings. The number of fused-ring (bicyclic) bond motifs is 1. The van der Waals surface area contributed by atoms with Crippen molar-refractivity contribution in [2.45, 2.75) is 39.7 Å². The van der Waals surface area contributed by atoms with Crippen LogP contribution in [0.3, 0.4) is 0 Å². The van der Waals surface area contributed by atoms with Gasteiger partial charge in [-0.3, -0.25) is 9.69 Å². The molecule has 1 aromatic rings. The first-order valence-corrected chi connectivity index (χ1v) is 8.65. The van der Waals surface area contributed by atoms with E-state index in [1.165, 1.54) is 6.42 Å². The number of likely N-dealkylation sites (tertiary alicyclic amines) is 1. The summed E-state index contributed by atoms with van der Waals surface area (Å²) in [6, 6.07) is 5.74. The number of hydrogen-bond acceptors (Lipinski definition) is 4. The van der Waals surface area contributed by atoms with Crippen LogP contribution in [0.1, 0.15) is 44.5 Å². The van der Waals surface area contributed by atoms with E-state index in [1.54, 1.807) is 0 Å². The summed E-state index contributed by atoms with van der Waals surface area (Å²) in [5.41, 5.74) is 1.49. The fraction of sp³-hybridized carbons (Fsp3) is 0.632. The van der Waals surface area contributed by atoms with Crippen molar-refractivity contribution in [2.75, 3.05) is 31.5 Å². The Morgan fingerprint density at radius 2 is 2.00 bits per heavy atom. The van der Waals surface area contributed by atoms with Gasteiger partial charge >= 0.3 is 0 Å². The monoisotopic (exact) mass is 316 g/mol. The third-order valence-electron chi connectivity index (χ3n) is 4.70. The molecule has 0 spiro atoms. The van der Waals surface area contributed by atoms with E-state index in [-0.39, 0.29) is 11.4 Å². The lowest BCUT2D eigenvalue weighted by Crippen LogP contribution is -2.41. The van der Waals surface area contributed by atoms with Gasteiger partial charge in [-0.25, -0.2) is 0 Å². The molecule has 0 aliphatic carbocycles. The van der Waals surface area contributed by atoms with Gasteiger partial charge in [-0.1, -0.05) is 13.8 Å². The van der Waals surface area contributed by atoms with Gasteiger partial charge in [0.25, 0.3) is 0 Å². The van der Waals surface area contributed by atoms with E-state index in [2.05, 4.69) is 37.9 Å². The maximum Gasteiger partial charge on any atom is 0.176 e. The van der Waals surface area contributed by atoms with Gasteiger partial charge in [0.05, 0.1) is 18.8 Å². The van der Waals surface area contributed by atoms with Crippen molar-refractivity contribution in [3.05, 3.63) is 23.8 Å². The quantitative estimate of drug-likeness (QED) is 0.868. The molecule has 23 heavy (non-hydrogen) atoms. The maximum absolute atomic E-state index is 12.6. The second kappa shape index (κ2) is 6.16. The predicted molar refractivity (Wildman–Crippen MR) is 93.4 cm³/mol. The van der Waals surface area contributed by atoms with Gasteiger partial charge in [0, 0.05) is 18.7 Å². The number of carbonyl (C=O) groups excluding carboxylic acids is 1. The number of nitrogens with zero attached hydrogens (tertiary/aromatic N) is 1. The number of benzene rings is 1. The van der Waals surface area contributed by atoms with Crippen molar-refractivity contribution in [1.29, 1.82) is 0 Å². The van der Waals surface area contributed by atoms with Crippen LogP contribution in [0, 0.1) is 11.8 Å². The summed E-state index contributed by atoms with van der Waals surface area (Å²) in [5, 5.41) is 3.38. The molecule has 4 heteroatoms. The van der Waals surface area contributed by atoms with E-state index < -0.39 is 0 Å². The van der Waals surface area contributed by atoms with Crippen LogP contribution in [-0.4, -0.2) is 42.5 Å². The number of piperidine rings is 1. The number of ketones is 1. The first-order chi connectivity index (χ1) is 10.8. The van der Waals surface area contributed by atoms with Crippen molar-refractivity contribution in [2.24, 2.45) is 11.8 Å². The zero-order valence-electron chi connectivity index (χ0n) is 14.7. The SMILES string of the molecule is CC1CC(C)CN(CC(=O)c2ccc3c(c2)NCC(C)(C)O3)C1. The summed E-state index contributed by atoms with van der Waals surface area (Å²) >= 11 is 0. The first-order valence-electron chi connectivity index (χ1n) is 8.65. The molecule has 1 fully saturated rings. The van der Waals surface area contributed by atoms with Crippen LogP contribution >= 0.6 is 0 Å². The summed E-state index contributed by atoms with van der Waals surface area (Å²) in [7, 11) is 0. The van der Waals surface area contributed by atoms with Crippen molar-refractivity contribution in [3.8, 4) is 5.75 Å². The summed E-state index contributed by atoms with van der Waals surface area (Å²) in [6.07, 6.45) is 1.26. The van der Waals surface area contributed by atoms with Crippen LogP contribution < -0.4 is 10.1 Å². The fourth-order valence-electron chi connectivity index (χ4n) is 3.79. The molecule has 2 aliphatic heterocycles.